The van der Waals surface area contributed by atoms with Crippen LogP contribution in [0.3, 0.4) is 0 Å². The van der Waals surface area contributed by atoms with Crippen LogP contribution >= 0.6 is 0 Å². The summed E-state index contributed by atoms with van der Waals surface area (Å²) in [5.41, 5.74) is 10.7. The summed E-state index contributed by atoms with van der Waals surface area (Å²) in [5, 5.41) is 0. The first-order valence-electron chi connectivity index (χ1n) is 4.05. The first kappa shape index (κ1) is 11.0. The van der Waals surface area contributed by atoms with E-state index < -0.39 is 18.3 Å². The minimum Gasteiger partial charge on any atom is -0.322 e. The summed E-state index contributed by atoms with van der Waals surface area (Å²) in [6.07, 6.45) is -4.46. The van der Waals surface area contributed by atoms with Crippen molar-refractivity contribution < 1.29 is 13.2 Å². The Morgan fingerprint density at radius 1 is 1.00 bits per heavy atom. The number of alkyl halides is 3. The van der Waals surface area contributed by atoms with Gasteiger partial charge in [0.1, 0.15) is 6.04 Å². The standard InChI is InChI=1S/C9H11F3N2/c10-9(11,12)8(14)7(13)6-4-2-1-3-5-6/h1-5,7-8H,13-14H2/t7-,8+/m1/s1. The van der Waals surface area contributed by atoms with E-state index in [1.54, 1.807) is 18.2 Å². The summed E-state index contributed by atoms with van der Waals surface area (Å²) in [6.45, 7) is 0. The monoisotopic (exact) mass is 204 g/mol. The lowest BCUT2D eigenvalue weighted by atomic mass is 10.0. The first-order valence-corrected chi connectivity index (χ1v) is 4.05. The molecule has 1 aromatic rings. The fourth-order valence-corrected chi connectivity index (χ4v) is 1.09. The van der Waals surface area contributed by atoms with E-state index in [-0.39, 0.29) is 0 Å². The van der Waals surface area contributed by atoms with Crippen molar-refractivity contribution in [3.8, 4) is 0 Å². The van der Waals surface area contributed by atoms with Crippen molar-refractivity contribution in [2.75, 3.05) is 0 Å². The van der Waals surface area contributed by atoms with E-state index in [9.17, 15) is 13.2 Å². The Morgan fingerprint density at radius 3 is 1.93 bits per heavy atom. The van der Waals surface area contributed by atoms with Gasteiger partial charge in [0.15, 0.2) is 0 Å². The maximum atomic E-state index is 12.2. The van der Waals surface area contributed by atoms with Gasteiger partial charge in [0, 0.05) is 0 Å². The van der Waals surface area contributed by atoms with Crippen LogP contribution in [-0.4, -0.2) is 12.2 Å². The molecule has 78 valence electrons. The summed E-state index contributed by atoms with van der Waals surface area (Å²) in [7, 11) is 0. The van der Waals surface area contributed by atoms with Gasteiger partial charge in [-0.05, 0) is 5.56 Å². The zero-order valence-electron chi connectivity index (χ0n) is 7.33. The van der Waals surface area contributed by atoms with E-state index in [0.29, 0.717) is 5.56 Å². The Balaban J connectivity index is 2.81. The van der Waals surface area contributed by atoms with Crippen molar-refractivity contribution in [2.45, 2.75) is 18.3 Å². The Bertz CT molecular complexity index is 284. The molecule has 0 amide bonds. The van der Waals surface area contributed by atoms with Gasteiger partial charge < -0.3 is 11.5 Å². The summed E-state index contributed by atoms with van der Waals surface area (Å²) >= 11 is 0. The molecule has 4 N–H and O–H groups in total. The Labute approximate surface area is 79.7 Å². The van der Waals surface area contributed by atoms with Gasteiger partial charge in [-0.1, -0.05) is 30.3 Å². The largest absolute Gasteiger partial charge is 0.405 e. The molecule has 1 aromatic carbocycles. The molecule has 0 heterocycles. The van der Waals surface area contributed by atoms with Crippen molar-refractivity contribution in [1.82, 2.24) is 0 Å². The van der Waals surface area contributed by atoms with Crippen molar-refractivity contribution in [3.63, 3.8) is 0 Å². The van der Waals surface area contributed by atoms with Gasteiger partial charge >= 0.3 is 6.18 Å². The highest BCUT2D eigenvalue weighted by atomic mass is 19.4. The number of rotatable bonds is 2. The van der Waals surface area contributed by atoms with Crippen LogP contribution in [-0.2, 0) is 0 Å². The number of hydrogen-bond acceptors (Lipinski definition) is 2. The SMILES string of the molecule is N[C@H](c1ccccc1)[C@H](N)C(F)(F)F. The fourth-order valence-electron chi connectivity index (χ4n) is 1.09. The van der Waals surface area contributed by atoms with Crippen molar-refractivity contribution in [2.24, 2.45) is 11.5 Å². The van der Waals surface area contributed by atoms with Crippen LogP contribution in [0.25, 0.3) is 0 Å². The molecule has 0 unspecified atom stereocenters. The summed E-state index contributed by atoms with van der Waals surface area (Å²) < 4.78 is 36.5. The summed E-state index contributed by atoms with van der Waals surface area (Å²) in [4.78, 5) is 0. The molecular formula is C9H11F3N2. The summed E-state index contributed by atoms with van der Waals surface area (Å²) in [5.74, 6) is 0. The third-order valence-electron chi connectivity index (χ3n) is 1.95. The zero-order valence-corrected chi connectivity index (χ0v) is 7.33. The van der Waals surface area contributed by atoms with Crippen LogP contribution in [0.15, 0.2) is 30.3 Å². The average molecular weight is 204 g/mol. The van der Waals surface area contributed by atoms with Gasteiger partial charge in [0.2, 0.25) is 0 Å². The molecular weight excluding hydrogens is 193 g/mol. The average Bonchev–Trinajstić information content (AvgIpc) is 2.15. The number of benzene rings is 1. The second-order valence-corrected chi connectivity index (χ2v) is 3.00. The molecule has 0 aliphatic carbocycles. The second kappa shape index (κ2) is 3.98. The van der Waals surface area contributed by atoms with Crippen LogP contribution in [0.2, 0.25) is 0 Å². The quantitative estimate of drug-likeness (QED) is 0.768. The molecule has 0 spiro atoms. The maximum Gasteiger partial charge on any atom is 0.405 e. The molecule has 0 aliphatic heterocycles. The number of hydrogen-bond donors (Lipinski definition) is 2. The molecule has 0 fully saturated rings. The van der Waals surface area contributed by atoms with Crippen LogP contribution in [0.1, 0.15) is 11.6 Å². The van der Waals surface area contributed by atoms with Gasteiger partial charge in [-0.25, -0.2) is 0 Å². The minimum absolute atomic E-state index is 0.386. The van der Waals surface area contributed by atoms with Crippen LogP contribution in [0.4, 0.5) is 13.2 Å². The number of nitrogens with two attached hydrogens (primary N) is 2. The highest BCUT2D eigenvalue weighted by Crippen LogP contribution is 2.26. The van der Waals surface area contributed by atoms with E-state index in [1.165, 1.54) is 12.1 Å². The predicted molar refractivity (Wildman–Crippen MR) is 47.4 cm³/mol. The topological polar surface area (TPSA) is 52.0 Å². The van der Waals surface area contributed by atoms with E-state index in [2.05, 4.69) is 0 Å². The fraction of sp³-hybridized carbons (Fsp3) is 0.333. The molecule has 1 rings (SSSR count). The highest BCUT2D eigenvalue weighted by molar-refractivity contribution is 5.20. The molecule has 2 atom stereocenters. The highest BCUT2D eigenvalue weighted by Gasteiger charge is 2.41. The zero-order chi connectivity index (χ0) is 10.8. The number of halogens is 3. The van der Waals surface area contributed by atoms with Gasteiger partial charge in [0.05, 0.1) is 6.04 Å². The van der Waals surface area contributed by atoms with Crippen molar-refractivity contribution >= 4 is 0 Å². The van der Waals surface area contributed by atoms with E-state index in [4.69, 9.17) is 11.5 Å². The maximum absolute atomic E-state index is 12.2. The van der Waals surface area contributed by atoms with Crippen LogP contribution in [0.5, 0.6) is 0 Å². The lowest BCUT2D eigenvalue weighted by Gasteiger charge is -2.22. The summed E-state index contributed by atoms with van der Waals surface area (Å²) in [6, 6.07) is 4.76. The lowest BCUT2D eigenvalue weighted by Crippen LogP contribution is -2.45. The van der Waals surface area contributed by atoms with Gasteiger partial charge in [-0.15, -0.1) is 0 Å². The van der Waals surface area contributed by atoms with E-state index >= 15 is 0 Å². The third-order valence-corrected chi connectivity index (χ3v) is 1.95. The van der Waals surface area contributed by atoms with Crippen molar-refractivity contribution in [3.05, 3.63) is 35.9 Å². The van der Waals surface area contributed by atoms with Gasteiger partial charge in [0.25, 0.3) is 0 Å². The van der Waals surface area contributed by atoms with Crippen molar-refractivity contribution in [1.29, 1.82) is 0 Å². The van der Waals surface area contributed by atoms with Gasteiger partial charge in [-0.3, -0.25) is 0 Å². The Morgan fingerprint density at radius 2 is 1.50 bits per heavy atom. The normalized spacial score (nSPS) is 16.4. The molecule has 0 radical (unpaired) electrons. The molecule has 0 saturated heterocycles. The van der Waals surface area contributed by atoms with Gasteiger partial charge in [-0.2, -0.15) is 13.2 Å². The van der Waals surface area contributed by atoms with Crippen LogP contribution < -0.4 is 11.5 Å². The predicted octanol–water partition coefficient (Wildman–Crippen LogP) is 1.58. The van der Waals surface area contributed by atoms with Crippen LogP contribution in [0, 0.1) is 0 Å². The molecule has 2 nitrogen and oxygen atoms in total. The molecule has 14 heavy (non-hydrogen) atoms. The lowest BCUT2D eigenvalue weighted by molar-refractivity contribution is -0.152. The third kappa shape index (κ3) is 2.46. The molecule has 5 heteroatoms. The smallest absolute Gasteiger partial charge is 0.322 e. The molecule has 0 bridgehead atoms. The molecule has 0 aliphatic rings. The van der Waals surface area contributed by atoms with E-state index in [1.807, 2.05) is 0 Å². The molecule has 0 saturated carbocycles. The van der Waals surface area contributed by atoms with E-state index in [0.717, 1.165) is 0 Å². The Hall–Kier alpha value is -1.07. The molecule has 0 aromatic heterocycles. The Kier molecular flexibility index (Phi) is 3.13. The minimum atomic E-state index is -4.46. The second-order valence-electron chi connectivity index (χ2n) is 3.00. The first-order chi connectivity index (χ1) is 6.43.